The molecule has 0 amide bonds. The van der Waals surface area contributed by atoms with Gasteiger partial charge in [0.1, 0.15) is 5.69 Å². The van der Waals surface area contributed by atoms with Crippen molar-refractivity contribution in [3.63, 3.8) is 0 Å². The standard InChI is InChI=1S/C18H25N3O4/c1-4-6-7-8-11-25-14-10-9-13(12-15(14)23-3)16-17(20-21-19-16)18(22)24-5-2/h9-10,12H,4-8,11H2,1-3H3,(H,19,20,21). The van der Waals surface area contributed by atoms with Crippen LogP contribution in [0.1, 0.15) is 50.0 Å². The number of ether oxygens (including phenoxy) is 3. The van der Waals surface area contributed by atoms with Crippen molar-refractivity contribution < 1.29 is 19.0 Å². The second-order valence-electron chi connectivity index (χ2n) is 5.52. The molecule has 7 nitrogen and oxygen atoms in total. The molecule has 0 radical (unpaired) electrons. The number of aromatic amines is 1. The largest absolute Gasteiger partial charge is 0.493 e. The van der Waals surface area contributed by atoms with Crippen molar-refractivity contribution in [2.45, 2.75) is 39.5 Å². The number of esters is 1. The number of unbranched alkanes of at least 4 members (excludes halogenated alkanes) is 3. The minimum atomic E-state index is -0.513. The second kappa shape index (κ2) is 9.66. The summed E-state index contributed by atoms with van der Waals surface area (Å²) in [7, 11) is 1.58. The summed E-state index contributed by atoms with van der Waals surface area (Å²) >= 11 is 0. The van der Waals surface area contributed by atoms with Crippen LogP contribution in [0, 0.1) is 0 Å². The SMILES string of the molecule is CCCCCCOc1ccc(-c2n[nH]nc2C(=O)OCC)cc1OC. The van der Waals surface area contributed by atoms with E-state index >= 15 is 0 Å². The molecule has 0 fully saturated rings. The number of methoxy groups -OCH3 is 1. The van der Waals surface area contributed by atoms with Gasteiger partial charge < -0.3 is 14.2 Å². The zero-order valence-corrected chi connectivity index (χ0v) is 15.0. The second-order valence-corrected chi connectivity index (χ2v) is 5.52. The number of hydrogen-bond acceptors (Lipinski definition) is 6. The van der Waals surface area contributed by atoms with E-state index in [1.54, 1.807) is 20.1 Å². The molecule has 2 rings (SSSR count). The quantitative estimate of drug-likeness (QED) is 0.522. The van der Waals surface area contributed by atoms with Crippen LogP contribution >= 0.6 is 0 Å². The number of carbonyl (C=O) groups is 1. The molecule has 136 valence electrons. The molecule has 1 aromatic carbocycles. The summed E-state index contributed by atoms with van der Waals surface area (Å²) in [5.74, 6) is 0.746. The molecule has 25 heavy (non-hydrogen) atoms. The topological polar surface area (TPSA) is 86.3 Å². The number of nitrogens with zero attached hydrogens (tertiary/aromatic N) is 2. The van der Waals surface area contributed by atoms with Gasteiger partial charge >= 0.3 is 5.97 Å². The van der Waals surface area contributed by atoms with Crippen LogP contribution in [0.25, 0.3) is 11.3 Å². The first-order valence-corrected chi connectivity index (χ1v) is 8.60. The number of hydrogen-bond donors (Lipinski definition) is 1. The highest BCUT2D eigenvalue weighted by Crippen LogP contribution is 2.33. The van der Waals surface area contributed by atoms with Crippen LogP contribution in [0.3, 0.4) is 0 Å². The maximum Gasteiger partial charge on any atom is 0.361 e. The molecule has 0 aliphatic carbocycles. The zero-order chi connectivity index (χ0) is 18.1. The van der Waals surface area contributed by atoms with Gasteiger partial charge in [-0.1, -0.05) is 26.2 Å². The molecule has 1 heterocycles. The fraction of sp³-hybridized carbons (Fsp3) is 0.500. The van der Waals surface area contributed by atoms with Gasteiger partial charge in [-0.25, -0.2) is 4.79 Å². The van der Waals surface area contributed by atoms with Crippen LogP contribution < -0.4 is 9.47 Å². The Morgan fingerprint density at radius 1 is 1.12 bits per heavy atom. The van der Waals surface area contributed by atoms with E-state index in [9.17, 15) is 4.79 Å². The molecule has 0 atom stereocenters. The molecular weight excluding hydrogens is 322 g/mol. The van der Waals surface area contributed by atoms with E-state index in [-0.39, 0.29) is 12.3 Å². The summed E-state index contributed by atoms with van der Waals surface area (Å²) in [6.45, 7) is 4.84. The molecule has 0 saturated carbocycles. The van der Waals surface area contributed by atoms with E-state index in [2.05, 4.69) is 22.3 Å². The average Bonchev–Trinajstić information content (AvgIpc) is 3.11. The van der Waals surface area contributed by atoms with Crippen molar-refractivity contribution in [1.29, 1.82) is 0 Å². The Labute approximate surface area is 147 Å². The van der Waals surface area contributed by atoms with Crippen LogP contribution in [0.15, 0.2) is 18.2 Å². The summed E-state index contributed by atoms with van der Waals surface area (Å²) in [5.41, 5.74) is 1.27. The Hall–Kier alpha value is -2.57. The van der Waals surface area contributed by atoms with Crippen LogP contribution in [0.4, 0.5) is 0 Å². The average molecular weight is 347 g/mol. The van der Waals surface area contributed by atoms with E-state index in [0.717, 1.165) is 12.8 Å². The number of H-pyrrole nitrogens is 1. The predicted octanol–water partition coefficient (Wildman–Crippen LogP) is 3.62. The van der Waals surface area contributed by atoms with Gasteiger partial charge in [-0.3, -0.25) is 0 Å². The molecule has 0 aliphatic heterocycles. The molecule has 1 N–H and O–H groups in total. The first-order chi connectivity index (χ1) is 12.2. The minimum Gasteiger partial charge on any atom is -0.493 e. The van der Waals surface area contributed by atoms with Gasteiger partial charge in [0, 0.05) is 5.56 Å². The third kappa shape index (κ3) is 4.95. The van der Waals surface area contributed by atoms with Crippen molar-refractivity contribution in [2.75, 3.05) is 20.3 Å². The molecule has 2 aromatic rings. The summed E-state index contributed by atoms with van der Waals surface area (Å²) in [6, 6.07) is 5.42. The summed E-state index contributed by atoms with van der Waals surface area (Å²) in [6.07, 6.45) is 4.56. The third-order valence-corrected chi connectivity index (χ3v) is 3.71. The molecule has 0 saturated heterocycles. The van der Waals surface area contributed by atoms with Crippen molar-refractivity contribution in [1.82, 2.24) is 15.4 Å². The molecule has 0 unspecified atom stereocenters. The molecule has 1 aromatic heterocycles. The lowest BCUT2D eigenvalue weighted by atomic mass is 10.1. The summed E-state index contributed by atoms with van der Waals surface area (Å²) in [4.78, 5) is 11.9. The van der Waals surface area contributed by atoms with Crippen LogP contribution in [-0.2, 0) is 4.74 Å². The molecule has 0 aliphatic rings. The Kier molecular flexibility index (Phi) is 7.25. The smallest absolute Gasteiger partial charge is 0.361 e. The Bertz CT molecular complexity index is 685. The lowest BCUT2D eigenvalue weighted by Gasteiger charge is -2.12. The fourth-order valence-corrected chi connectivity index (χ4v) is 2.42. The number of aromatic nitrogens is 3. The minimum absolute atomic E-state index is 0.150. The predicted molar refractivity (Wildman–Crippen MR) is 94.0 cm³/mol. The Balaban J connectivity index is 2.13. The monoisotopic (exact) mass is 347 g/mol. The van der Waals surface area contributed by atoms with Crippen molar-refractivity contribution in [3.8, 4) is 22.8 Å². The van der Waals surface area contributed by atoms with Crippen LogP contribution in [0.2, 0.25) is 0 Å². The van der Waals surface area contributed by atoms with Gasteiger partial charge in [0.2, 0.25) is 0 Å². The number of rotatable bonds is 10. The van der Waals surface area contributed by atoms with Crippen molar-refractivity contribution in [3.05, 3.63) is 23.9 Å². The van der Waals surface area contributed by atoms with Gasteiger partial charge in [0.25, 0.3) is 0 Å². The number of nitrogens with one attached hydrogen (secondary N) is 1. The zero-order valence-electron chi connectivity index (χ0n) is 15.0. The summed E-state index contributed by atoms with van der Waals surface area (Å²) in [5, 5.41) is 10.4. The first kappa shape index (κ1) is 18.8. The number of benzene rings is 1. The van der Waals surface area contributed by atoms with Gasteiger partial charge in [0.05, 0.1) is 20.3 Å². The fourth-order valence-electron chi connectivity index (χ4n) is 2.42. The summed E-state index contributed by atoms with van der Waals surface area (Å²) < 4.78 is 16.2. The van der Waals surface area contributed by atoms with Gasteiger partial charge in [-0.05, 0) is 31.5 Å². The Morgan fingerprint density at radius 2 is 1.96 bits per heavy atom. The van der Waals surface area contributed by atoms with Crippen molar-refractivity contribution >= 4 is 5.97 Å². The first-order valence-electron chi connectivity index (χ1n) is 8.60. The van der Waals surface area contributed by atoms with Crippen molar-refractivity contribution in [2.24, 2.45) is 0 Å². The van der Waals surface area contributed by atoms with Gasteiger partial charge in [-0.15, -0.1) is 5.10 Å². The normalized spacial score (nSPS) is 10.5. The highest BCUT2D eigenvalue weighted by molar-refractivity contribution is 5.94. The number of carbonyl (C=O) groups excluding carboxylic acids is 1. The maximum absolute atomic E-state index is 11.9. The molecular formula is C18H25N3O4. The van der Waals surface area contributed by atoms with E-state index in [0.29, 0.717) is 29.4 Å². The van der Waals surface area contributed by atoms with E-state index < -0.39 is 5.97 Å². The van der Waals surface area contributed by atoms with E-state index in [4.69, 9.17) is 14.2 Å². The third-order valence-electron chi connectivity index (χ3n) is 3.71. The maximum atomic E-state index is 11.9. The van der Waals surface area contributed by atoms with Gasteiger partial charge in [-0.2, -0.15) is 10.3 Å². The Morgan fingerprint density at radius 3 is 2.68 bits per heavy atom. The molecule has 0 bridgehead atoms. The molecule has 7 heteroatoms. The van der Waals surface area contributed by atoms with Crippen LogP contribution in [-0.4, -0.2) is 41.7 Å². The lowest BCUT2D eigenvalue weighted by Crippen LogP contribution is -2.07. The highest BCUT2D eigenvalue weighted by atomic mass is 16.5. The lowest BCUT2D eigenvalue weighted by molar-refractivity contribution is 0.0520. The van der Waals surface area contributed by atoms with E-state index in [1.165, 1.54) is 12.8 Å². The van der Waals surface area contributed by atoms with Gasteiger partial charge in [0.15, 0.2) is 17.2 Å². The highest BCUT2D eigenvalue weighted by Gasteiger charge is 2.20. The molecule has 0 spiro atoms. The van der Waals surface area contributed by atoms with E-state index in [1.807, 2.05) is 12.1 Å². The van der Waals surface area contributed by atoms with Crippen LogP contribution in [0.5, 0.6) is 11.5 Å².